The molecule has 3 atom stereocenters. The Bertz CT molecular complexity index is 306. The second-order valence-electron chi connectivity index (χ2n) is 6.49. The van der Waals surface area contributed by atoms with Crippen molar-refractivity contribution in [1.29, 1.82) is 0 Å². The van der Waals surface area contributed by atoms with E-state index in [-0.39, 0.29) is 25.3 Å². The molecule has 2 saturated heterocycles. The molecular formula is C18H34O7. The first-order valence-corrected chi connectivity index (χ1v) is 9.49. The number of ether oxygens (including phenoxy) is 7. The van der Waals surface area contributed by atoms with Crippen molar-refractivity contribution in [2.24, 2.45) is 0 Å². The molecule has 0 radical (unpaired) electrons. The van der Waals surface area contributed by atoms with Crippen molar-refractivity contribution in [3.05, 3.63) is 0 Å². The lowest BCUT2D eigenvalue weighted by atomic mass is 10.2. The van der Waals surface area contributed by atoms with Gasteiger partial charge >= 0.3 is 0 Å². The monoisotopic (exact) mass is 362 g/mol. The molecule has 0 N–H and O–H groups in total. The van der Waals surface area contributed by atoms with E-state index in [2.05, 4.69) is 0 Å². The molecule has 0 aromatic carbocycles. The standard InChI is InChI=1S/C18H34O7/c1-19-15-25-16(12-21-13-17-14-24-17)11-20-8-4-2-5-9-22-18-7-3-6-10-23-18/h16-18H,2-15H2,1H3. The van der Waals surface area contributed by atoms with Crippen LogP contribution < -0.4 is 0 Å². The van der Waals surface area contributed by atoms with Crippen molar-refractivity contribution >= 4 is 0 Å². The minimum Gasteiger partial charge on any atom is -0.379 e. The lowest BCUT2D eigenvalue weighted by Crippen LogP contribution is -2.27. The third kappa shape index (κ3) is 11.1. The van der Waals surface area contributed by atoms with Crippen LogP contribution in [0.2, 0.25) is 0 Å². The van der Waals surface area contributed by atoms with Crippen molar-refractivity contribution in [3.63, 3.8) is 0 Å². The fourth-order valence-electron chi connectivity index (χ4n) is 2.56. The van der Waals surface area contributed by atoms with E-state index in [0.717, 1.165) is 58.5 Å². The summed E-state index contributed by atoms with van der Waals surface area (Å²) in [6.07, 6.45) is 6.72. The number of hydrogen-bond donors (Lipinski definition) is 0. The third-order valence-corrected chi connectivity index (χ3v) is 4.11. The summed E-state index contributed by atoms with van der Waals surface area (Å²) in [7, 11) is 1.61. The highest BCUT2D eigenvalue weighted by atomic mass is 16.7. The summed E-state index contributed by atoms with van der Waals surface area (Å²) in [5.41, 5.74) is 0. The molecule has 2 aliphatic rings. The Hall–Kier alpha value is -0.280. The van der Waals surface area contributed by atoms with Crippen molar-refractivity contribution < 1.29 is 33.2 Å². The Morgan fingerprint density at radius 3 is 2.60 bits per heavy atom. The van der Waals surface area contributed by atoms with E-state index in [1.165, 1.54) is 6.42 Å². The molecule has 0 amide bonds. The summed E-state index contributed by atoms with van der Waals surface area (Å²) < 4.78 is 38.2. The van der Waals surface area contributed by atoms with E-state index < -0.39 is 0 Å². The summed E-state index contributed by atoms with van der Waals surface area (Å²) in [4.78, 5) is 0. The van der Waals surface area contributed by atoms with E-state index in [1.807, 2.05) is 0 Å². The third-order valence-electron chi connectivity index (χ3n) is 4.11. The quantitative estimate of drug-likeness (QED) is 0.237. The number of rotatable bonds is 16. The van der Waals surface area contributed by atoms with Crippen molar-refractivity contribution in [1.82, 2.24) is 0 Å². The molecule has 0 aromatic rings. The molecule has 0 aromatic heterocycles. The number of epoxide rings is 1. The molecule has 0 aliphatic carbocycles. The molecule has 2 aliphatic heterocycles. The van der Waals surface area contributed by atoms with Crippen LogP contribution in [0.1, 0.15) is 38.5 Å². The smallest absolute Gasteiger partial charge is 0.157 e. The summed E-state index contributed by atoms with van der Waals surface area (Å²) in [5.74, 6) is 0. The number of methoxy groups -OCH3 is 1. The Balaban J connectivity index is 1.39. The van der Waals surface area contributed by atoms with Crippen LogP contribution in [0, 0.1) is 0 Å². The van der Waals surface area contributed by atoms with E-state index >= 15 is 0 Å². The Morgan fingerprint density at radius 1 is 1.00 bits per heavy atom. The minimum atomic E-state index is -0.106. The van der Waals surface area contributed by atoms with Gasteiger partial charge in [0, 0.05) is 26.9 Å². The second-order valence-corrected chi connectivity index (χ2v) is 6.49. The summed E-state index contributed by atoms with van der Waals surface area (Å²) in [5, 5.41) is 0. The maximum absolute atomic E-state index is 5.72. The molecule has 0 bridgehead atoms. The zero-order valence-corrected chi connectivity index (χ0v) is 15.5. The summed E-state index contributed by atoms with van der Waals surface area (Å²) in [6.45, 7) is 5.01. The highest BCUT2D eigenvalue weighted by Crippen LogP contribution is 2.14. The summed E-state index contributed by atoms with van der Waals surface area (Å²) >= 11 is 0. The van der Waals surface area contributed by atoms with Gasteiger partial charge in [-0.1, -0.05) is 0 Å². The zero-order valence-electron chi connectivity index (χ0n) is 15.5. The molecule has 0 saturated carbocycles. The average Bonchev–Trinajstić information content (AvgIpc) is 3.46. The maximum atomic E-state index is 5.72. The minimum absolute atomic E-state index is 0.0183. The van der Waals surface area contributed by atoms with E-state index in [1.54, 1.807) is 7.11 Å². The lowest BCUT2D eigenvalue weighted by molar-refractivity contribution is -0.162. The van der Waals surface area contributed by atoms with Crippen molar-refractivity contribution in [3.8, 4) is 0 Å². The topological polar surface area (TPSA) is 67.9 Å². The first-order valence-electron chi connectivity index (χ1n) is 9.49. The molecule has 2 heterocycles. The Labute approximate surface area is 151 Å². The van der Waals surface area contributed by atoms with E-state index in [4.69, 9.17) is 33.2 Å². The molecular weight excluding hydrogens is 328 g/mol. The number of hydrogen-bond acceptors (Lipinski definition) is 7. The SMILES string of the molecule is COCOC(COCCCCCOC1CCCCO1)COCC1CO1. The van der Waals surface area contributed by atoms with Gasteiger partial charge in [0.25, 0.3) is 0 Å². The average molecular weight is 362 g/mol. The Morgan fingerprint density at radius 2 is 1.84 bits per heavy atom. The van der Waals surface area contributed by atoms with E-state index in [9.17, 15) is 0 Å². The van der Waals surface area contributed by atoms with Gasteiger partial charge in [0.2, 0.25) is 0 Å². The van der Waals surface area contributed by atoms with Crippen LogP contribution in [0.25, 0.3) is 0 Å². The molecule has 2 rings (SSSR count). The fraction of sp³-hybridized carbons (Fsp3) is 1.00. The van der Waals surface area contributed by atoms with Crippen LogP contribution in [0.15, 0.2) is 0 Å². The molecule has 7 nitrogen and oxygen atoms in total. The molecule has 0 spiro atoms. The first kappa shape index (κ1) is 21.0. The fourth-order valence-corrected chi connectivity index (χ4v) is 2.56. The normalized spacial score (nSPS) is 24.4. The second kappa shape index (κ2) is 13.9. The Kier molecular flexibility index (Phi) is 11.7. The number of unbranched alkanes of at least 4 members (excludes halogenated alkanes) is 2. The van der Waals surface area contributed by atoms with Crippen molar-refractivity contribution in [2.75, 3.05) is 60.2 Å². The van der Waals surface area contributed by atoms with Gasteiger partial charge in [0.15, 0.2) is 6.29 Å². The van der Waals surface area contributed by atoms with Gasteiger partial charge in [0.1, 0.15) is 19.0 Å². The molecule has 25 heavy (non-hydrogen) atoms. The van der Waals surface area contributed by atoms with Gasteiger partial charge < -0.3 is 33.2 Å². The molecule has 148 valence electrons. The van der Waals surface area contributed by atoms with Crippen LogP contribution in [0.4, 0.5) is 0 Å². The van der Waals surface area contributed by atoms with Gasteiger partial charge in [-0.2, -0.15) is 0 Å². The summed E-state index contributed by atoms with van der Waals surface area (Å²) in [6, 6.07) is 0. The molecule has 7 heteroatoms. The highest BCUT2D eigenvalue weighted by molar-refractivity contribution is 4.68. The van der Waals surface area contributed by atoms with Crippen LogP contribution in [-0.4, -0.2) is 78.6 Å². The lowest BCUT2D eigenvalue weighted by Gasteiger charge is -2.22. The van der Waals surface area contributed by atoms with Crippen LogP contribution >= 0.6 is 0 Å². The maximum Gasteiger partial charge on any atom is 0.157 e. The van der Waals surface area contributed by atoms with Gasteiger partial charge in [-0.25, -0.2) is 0 Å². The highest BCUT2D eigenvalue weighted by Gasteiger charge is 2.23. The van der Waals surface area contributed by atoms with Crippen LogP contribution in [0.3, 0.4) is 0 Å². The van der Waals surface area contributed by atoms with Gasteiger partial charge in [-0.3, -0.25) is 0 Å². The first-order chi connectivity index (χ1) is 12.4. The van der Waals surface area contributed by atoms with Crippen LogP contribution in [-0.2, 0) is 33.2 Å². The van der Waals surface area contributed by atoms with Crippen LogP contribution in [0.5, 0.6) is 0 Å². The van der Waals surface area contributed by atoms with Gasteiger partial charge in [0.05, 0.1) is 26.4 Å². The molecule has 3 unspecified atom stereocenters. The van der Waals surface area contributed by atoms with E-state index in [0.29, 0.717) is 19.8 Å². The van der Waals surface area contributed by atoms with Gasteiger partial charge in [-0.05, 0) is 38.5 Å². The van der Waals surface area contributed by atoms with Gasteiger partial charge in [-0.15, -0.1) is 0 Å². The predicted octanol–water partition coefficient (Wildman–Crippen LogP) is 2.12. The predicted molar refractivity (Wildman–Crippen MR) is 91.5 cm³/mol. The van der Waals surface area contributed by atoms with Crippen molar-refractivity contribution in [2.45, 2.75) is 57.0 Å². The largest absolute Gasteiger partial charge is 0.379 e. The molecule has 2 fully saturated rings. The zero-order chi connectivity index (χ0) is 17.6.